The quantitative estimate of drug-likeness (QED) is 0.703. The minimum absolute atomic E-state index is 0.433. The Morgan fingerprint density at radius 1 is 0.947 bits per heavy atom. The highest BCUT2D eigenvalue weighted by atomic mass is 35.5. The molecule has 2 nitrogen and oxygen atoms in total. The second-order valence-electron chi connectivity index (χ2n) is 4.21. The molecule has 3 aromatic rings. The van der Waals surface area contributed by atoms with Gasteiger partial charge < -0.3 is 9.73 Å². The van der Waals surface area contributed by atoms with Gasteiger partial charge in [-0.05, 0) is 41.9 Å². The highest BCUT2D eigenvalue weighted by molar-refractivity contribution is 6.31. The molecule has 0 atom stereocenters. The second-order valence-corrected chi connectivity index (χ2v) is 4.99. The van der Waals surface area contributed by atoms with Gasteiger partial charge in [0.25, 0.3) is 0 Å². The van der Waals surface area contributed by atoms with Crippen molar-refractivity contribution in [2.75, 3.05) is 5.32 Å². The lowest BCUT2D eigenvalue weighted by Gasteiger charge is -2.05. The third-order valence-corrected chi connectivity index (χ3v) is 3.52. The molecule has 3 rings (SSSR count). The zero-order chi connectivity index (χ0) is 13.2. The molecule has 1 aromatic heterocycles. The number of benzene rings is 2. The first-order chi connectivity index (χ1) is 9.24. The summed E-state index contributed by atoms with van der Waals surface area (Å²) >= 11 is 12.0. The highest BCUT2D eigenvalue weighted by Crippen LogP contribution is 2.30. The zero-order valence-electron chi connectivity index (χ0n) is 9.99. The van der Waals surface area contributed by atoms with Crippen molar-refractivity contribution in [3.05, 3.63) is 64.3 Å². The molecule has 0 saturated heterocycles. The Labute approximate surface area is 120 Å². The van der Waals surface area contributed by atoms with Crippen molar-refractivity contribution in [3.63, 3.8) is 0 Å². The molecule has 0 saturated carbocycles. The molecule has 1 N–H and O–H groups in total. The number of para-hydroxylation sites is 1. The normalized spacial score (nSPS) is 10.8. The number of hydrogen-bond donors (Lipinski definition) is 1. The molecule has 0 radical (unpaired) electrons. The van der Waals surface area contributed by atoms with E-state index in [2.05, 4.69) is 5.32 Å². The molecule has 0 bridgehead atoms. The zero-order valence-corrected chi connectivity index (χ0v) is 11.5. The highest BCUT2D eigenvalue weighted by Gasteiger charge is 2.11. The van der Waals surface area contributed by atoms with Crippen molar-refractivity contribution in [1.29, 1.82) is 0 Å². The van der Waals surface area contributed by atoms with Gasteiger partial charge in [-0.3, -0.25) is 0 Å². The van der Waals surface area contributed by atoms with Gasteiger partial charge in [-0.1, -0.05) is 29.8 Å². The van der Waals surface area contributed by atoms with E-state index in [1.165, 1.54) is 0 Å². The Bertz CT molecular complexity index is 704. The summed E-state index contributed by atoms with van der Waals surface area (Å²) in [5.74, 6) is 0. The lowest BCUT2D eigenvalue weighted by Crippen LogP contribution is -1.98. The SMILES string of the molecule is Clc1ccc(NCc2c(Cl)oc3ccccc23)cc1. The van der Waals surface area contributed by atoms with Crippen molar-refractivity contribution in [1.82, 2.24) is 0 Å². The van der Waals surface area contributed by atoms with E-state index >= 15 is 0 Å². The molecule has 0 aliphatic carbocycles. The van der Waals surface area contributed by atoms with Gasteiger partial charge in [-0.15, -0.1) is 0 Å². The summed E-state index contributed by atoms with van der Waals surface area (Å²) in [5.41, 5.74) is 2.76. The fraction of sp³-hybridized carbons (Fsp3) is 0.0667. The first-order valence-corrected chi connectivity index (χ1v) is 6.65. The minimum atomic E-state index is 0.433. The maximum Gasteiger partial charge on any atom is 0.199 e. The van der Waals surface area contributed by atoms with E-state index in [9.17, 15) is 0 Å². The third-order valence-electron chi connectivity index (χ3n) is 2.96. The molecular formula is C15H11Cl2NO. The van der Waals surface area contributed by atoms with E-state index in [0.717, 1.165) is 27.2 Å². The van der Waals surface area contributed by atoms with Gasteiger partial charge in [0, 0.05) is 28.2 Å². The maximum absolute atomic E-state index is 6.13. The summed E-state index contributed by atoms with van der Waals surface area (Å²) in [5, 5.41) is 5.49. The monoisotopic (exact) mass is 291 g/mol. The first kappa shape index (κ1) is 12.4. The Balaban J connectivity index is 1.85. The minimum Gasteiger partial charge on any atom is -0.444 e. The van der Waals surface area contributed by atoms with Crippen molar-refractivity contribution >= 4 is 39.9 Å². The van der Waals surface area contributed by atoms with Crippen LogP contribution in [0, 0.1) is 0 Å². The number of hydrogen-bond acceptors (Lipinski definition) is 2. The average Bonchev–Trinajstić information content (AvgIpc) is 2.74. The molecule has 0 amide bonds. The summed E-state index contributed by atoms with van der Waals surface area (Å²) in [6, 6.07) is 15.4. The predicted molar refractivity (Wildman–Crippen MR) is 80.0 cm³/mol. The smallest absolute Gasteiger partial charge is 0.199 e. The van der Waals surface area contributed by atoms with Crippen LogP contribution in [0.3, 0.4) is 0 Å². The Hall–Kier alpha value is -1.64. The van der Waals surface area contributed by atoms with Crippen LogP contribution in [0.5, 0.6) is 0 Å². The van der Waals surface area contributed by atoms with Gasteiger partial charge in [0.15, 0.2) is 5.22 Å². The van der Waals surface area contributed by atoms with Crippen molar-refractivity contribution in [2.24, 2.45) is 0 Å². The molecule has 96 valence electrons. The second kappa shape index (κ2) is 5.16. The first-order valence-electron chi connectivity index (χ1n) is 5.89. The number of fused-ring (bicyclic) bond motifs is 1. The van der Waals surface area contributed by atoms with E-state index < -0.39 is 0 Å². The lowest BCUT2D eigenvalue weighted by molar-refractivity contribution is 0.613. The molecular weight excluding hydrogens is 281 g/mol. The van der Waals surface area contributed by atoms with Gasteiger partial charge in [0.05, 0.1) is 0 Å². The lowest BCUT2D eigenvalue weighted by atomic mass is 10.2. The molecule has 0 fully saturated rings. The molecule has 0 aliphatic rings. The number of rotatable bonds is 3. The fourth-order valence-electron chi connectivity index (χ4n) is 1.99. The predicted octanol–water partition coefficient (Wildman–Crippen LogP) is 5.35. The van der Waals surface area contributed by atoms with Gasteiger partial charge in [0.2, 0.25) is 0 Å². The van der Waals surface area contributed by atoms with E-state index in [-0.39, 0.29) is 0 Å². The molecule has 2 aromatic carbocycles. The van der Waals surface area contributed by atoms with Crippen molar-refractivity contribution in [2.45, 2.75) is 6.54 Å². The number of nitrogens with one attached hydrogen (secondary N) is 1. The van der Waals surface area contributed by atoms with Crippen LogP contribution in [0.25, 0.3) is 11.0 Å². The summed E-state index contributed by atoms with van der Waals surface area (Å²) in [6.07, 6.45) is 0. The largest absolute Gasteiger partial charge is 0.444 e. The van der Waals surface area contributed by atoms with Gasteiger partial charge >= 0.3 is 0 Å². The Morgan fingerprint density at radius 3 is 2.47 bits per heavy atom. The summed E-state index contributed by atoms with van der Waals surface area (Å²) < 4.78 is 5.51. The van der Waals surface area contributed by atoms with Crippen LogP contribution in [-0.2, 0) is 6.54 Å². The number of anilines is 1. The number of furan rings is 1. The average molecular weight is 292 g/mol. The Morgan fingerprint density at radius 2 is 1.68 bits per heavy atom. The van der Waals surface area contributed by atoms with Crippen LogP contribution in [0.1, 0.15) is 5.56 Å². The van der Waals surface area contributed by atoms with E-state index in [1.54, 1.807) is 0 Å². The standard InChI is InChI=1S/C15H11Cl2NO/c16-10-5-7-11(8-6-10)18-9-13-12-3-1-2-4-14(12)19-15(13)17/h1-8,18H,9H2. The summed E-state index contributed by atoms with van der Waals surface area (Å²) in [7, 11) is 0. The molecule has 19 heavy (non-hydrogen) atoms. The van der Waals surface area contributed by atoms with Crippen LogP contribution in [0.2, 0.25) is 10.2 Å². The molecule has 4 heteroatoms. The van der Waals surface area contributed by atoms with Crippen LogP contribution >= 0.6 is 23.2 Å². The Kier molecular flexibility index (Phi) is 3.36. The molecule has 0 unspecified atom stereocenters. The van der Waals surface area contributed by atoms with Crippen LogP contribution in [0.4, 0.5) is 5.69 Å². The molecule has 0 spiro atoms. The third kappa shape index (κ3) is 2.55. The van der Waals surface area contributed by atoms with Crippen molar-refractivity contribution < 1.29 is 4.42 Å². The van der Waals surface area contributed by atoms with Crippen LogP contribution in [0.15, 0.2) is 52.9 Å². The molecule has 0 aliphatic heterocycles. The van der Waals surface area contributed by atoms with Gasteiger partial charge in [0.1, 0.15) is 5.58 Å². The summed E-state index contributed by atoms with van der Waals surface area (Å²) in [6.45, 7) is 0.609. The van der Waals surface area contributed by atoms with Crippen LogP contribution in [-0.4, -0.2) is 0 Å². The fourth-order valence-corrected chi connectivity index (χ4v) is 2.37. The van der Waals surface area contributed by atoms with Crippen LogP contribution < -0.4 is 5.32 Å². The topological polar surface area (TPSA) is 25.2 Å². The summed E-state index contributed by atoms with van der Waals surface area (Å²) in [4.78, 5) is 0. The van der Waals surface area contributed by atoms with Gasteiger partial charge in [-0.2, -0.15) is 0 Å². The van der Waals surface area contributed by atoms with E-state index in [1.807, 2.05) is 48.5 Å². The number of halogens is 2. The molecule has 1 heterocycles. The maximum atomic E-state index is 6.13. The van der Waals surface area contributed by atoms with E-state index in [4.69, 9.17) is 27.6 Å². The van der Waals surface area contributed by atoms with Gasteiger partial charge in [-0.25, -0.2) is 0 Å². The van der Waals surface area contributed by atoms with Crippen molar-refractivity contribution in [3.8, 4) is 0 Å². The van der Waals surface area contributed by atoms with E-state index in [0.29, 0.717) is 11.8 Å².